The minimum Gasteiger partial charge on any atom is -0.355 e. The van der Waals surface area contributed by atoms with Gasteiger partial charge in [-0.3, -0.25) is 4.99 Å². The highest BCUT2D eigenvalue weighted by Gasteiger charge is 2.27. The summed E-state index contributed by atoms with van der Waals surface area (Å²) in [5, 5.41) is 2.99. The van der Waals surface area contributed by atoms with E-state index in [0.29, 0.717) is 5.96 Å². The number of hydrogen-bond acceptors (Lipinski definition) is 4. The van der Waals surface area contributed by atoms with Crippen molar-refractivity contribution in [2.75, 3.05) is 50.4 Å². The summed E-state index contributed by atoms with van der Waals surface area (Å²) in [7, 11) is 1.64. The molecule has 1 fully saturated rings. The van der Waals surface area contributed by atoms with Gasteiger partial charge in [0.15, 0.2) is 5.96 Å². The molecule has 0 spiro atoms. The molecule has 1 aliphatic rings. The van der Waals surface area contributed by atoms with Crippen molar-refractivity contribution in [2.24, 2.45) is 4.99 Å². The molecule has 2 rings (SSSR count). The summed E-state index contributed by atoms with van der Waals surface area (Å²) in [5.41, 5.74) is -4.18. The Balaban J connectivity index is 1.76. The number of aliphatic imine (C=N–C) groups is 1. The normalized spacial score (nSPS) is 16.6. The van der Waals surface area contributed by atoms with Crippen LogP contribution in [-0.2, 0) is 0 Å². The standard InChI is InChI=1S/C14H20F3N5S/c1-18-13(20-6-11-23-14(15,16)17)22-9-7-21(8-10-22)12-4-2-3-5-19-12/h2-5H,6-11H2,1H3,(H,18,20). The first kappa shape index (κ1) is 17.7. The summed E-state index contributed by atoms with van der Waals surface area (Å²) in [5.74, 6) is 1.56. The molecule has 0 aliphatic carbocycles. The quantitative estimate of drug-likeness (QED) is 0.513. The smallest absolute Gasteiger partial charge is 0.355 e. The van der Waals surface area contributed by atoms with Crippen molar-refractivity contribution in [3.8, 4) is 0 Å². The Morgan fingerprint density at radius 1 is 1.30 bits per heavy atom. The SMILES string of the molecule is CN=C(NCCSC(F)(F)F)N1CCN(c2ccccn2)CC1. The zero-order chi connectivity index (χ0) is 16.7. The number of pyridine rings is 1. The number of nitrogens with zero attached hydrogens (tertiary/aromatic N) is 4. The van der Waals surface area contributed by atoms with Crippen LogP contribution in [-0.4, -0.2) is 66.9 Å². The fourth-order valence-corrected chi connectivity index (χ4v) is 2.79. The van der Waals surface area contributed by atoms with E-state index in [9.17, 15) is 13.2 Å². The number of aromatic nitrogens is 1. The summed E-state index contributed by atoms with van der Waals surface area (Å²) >= 11 is -0.0221. The fraction of sp³-hybridized carbons (Fsp3) is 0.571. The summed E-state index contributed by atoms with van der Waals surface area (Å²) in [6.45, 7) is 3.34. The molecular weight excluding hydrogens is 327 g/mol. The average Bonchev–Trinajstić information content (AvgIpc) is 2.55. The highest BCUT2D eigenvalue weighted by molar-refractivity contribution is 8.00. The van der Waals surface area contributed by atoms with E-state index < -0.39 is 5.51 Å². The number of halogens is 3. The van der Waals surface area contributed by atoms with Crippen LogP contribution in [0.3, 0.4) is 0 Å². The van der Waals surface area contributed by atoms with Crippen molar-refractivity contribution in [2.45, 2.75) is 5.51 Å². The first-order valence-corrected chi connectivity index (χ1v) is 8.30. The molecule has 0 radical (unpaired) electrons. The van der Waals surface area contributed by atoms with Crippen LogP contribution in [0.4, 0.5) is 19.0 Å². The zero-order valence-corrected chi connectivity index (χ0v) is 13.7. The van der Waals surface area contributed by atoms with E-state index in [0.717, 1.165) is 32.0 Å². The number of anilines is 1. The topological polar surface area (TPSA) is 43.8 Å². The molecule has 1 saturated heterocycles. The van der Waals surface area contributed by atoms with Crippen molar-refractivity contribution >= 4 is 23.5 Å². The second kappa shape index (κ2) is 8.28. The van der Waals surface area contributed by atoms with Gasteiger partial charge in [0, 0.05) is 51.7 Å². The van der Waals surface area contributed by atoms with Gasteiger partial charge in [0.25, 0.3) is 0 Å². The lowest BCUT2D eigenvalue weighted by atomic mass is 10.3. The minimum atomic E-state index is -4.18. The molecule has 0 amide bonds. The Hall–Kier alpha value is -1.64. The lowest BCUT2D eigenvalue weighted by Crippen LogP contribution is -2.53. The fourth-order valence-electron chi connectivity index (χ4n) is 2.35. The third kappa shape index (κ3) is 5.81. The summed E-state index contributed by atoms with van der Waals surface area (Å²) in [6, 6.07) is 5.80. The molecule has 0 aromatic carbocycles. The van der Waals surface area contributed by atoms with Gasteiger partial charge in [-0.05, 0) is 23.9 Å². The van der Waals surface area contributed by atoms with E-state index >= 15 is 0 Å². The molecular formula is C14H20F3N5S. The predicted octanol–water partition coefficient (Wildman–Crippen LogP) is 2.03. The Bertz CT molecular complexity index is 501. The number of hydrogen-bond donors (Lipinski definition) is 1. The van der Waals surface area contributed by atoms with Gasteiger partial charge in [0.05, 0.1) is 0 Å². The number of piperazine rings is 1. The molecule has 128 valence electrons. The Morgan fingerprint density at radius 3 is 2.61 bits per heavy atom. The van der Waals surface area contributed by atoms with Gasteiger partial charge in [-0.2, -0.15) is 13.2 Å². The highest BCUT2D eigenvalue weighted by atomic mass is 32.2. The number of nitrogens with one attached hydrogen (secondary N) is 1. The molecule has 1 aromatic heterocycles. The monoisotopic (exact) mass is 347 g/mol. The lowest BCUT2D eigenvalue weighted by molar-refractivity contribution is -0.0327. The largest absolute Gasteiger partial charge is 0.441 e. The molecule has 23 heavy (non-hydrogen) atoms. The molecule has 0 unspecified atom stereocenters. The van der Waals surface area contributed by atoms with E-state index in [1.807, 2.05) is 18.2 Å². The molecule has 9 heteroatoms. The van der Waals surface area contributed by atoms with E-state index in [2.05, 4.69) is 25.1 Å². The first-order valence-electron chi connectivity index (χ1n) is 7.32. The van der Waals surface area contributed by atoms with Crippen LogP contribution in [0, 0.1) is 0 Å². The van der Waals surface area contributed by atoms with Gasteiger partial charge in [0.1, 0.15) is 5.82 Å². The summed E-state index contributed by atoms with van der Waals surface area (Å²) in [4.78, 5) is 12.7. The molecule has 0 atom stereocenters. The van der Waals surface area contributed by atoms with Crippen molar-refractivity contribution in [1.29, 1.82) is 0 Å². The van der Waals surface area contributed by atoms with Gasteiger partial charge in [-0.1, -0.05) is 6.07 Å². The number of rotatable bonds is 4. The average molecular weight is 347 g/mol. The van der Waals surface area contributed by atoms with Gasteiger partial charge in [-0.25, -0.2) is 4.98 Å². The molecule has 1 N–H and O–H groups in total. The number of thioether (sulfide) groups is 1. The van der Waals surface area contributed by atoms with Crippen molar-refractivity contribution < 1.29 is 13.2 Å². The third-order valence-electron chi connectivity index (χ3n) is 3.42. The van der Waals surface area contributed by atoms with Crippen LogP contribution in [0.2, 0.25) is 0 Å². The van der Waals surface area contributed by atoms with Crippen molar-refractivity contribution in [3.63, 3.8) is 0 Å². The van der Waals surface area contributed by atoms with Crippen LogP contribution in [0.1, 0.15) is 0 Å². The van der Waals surface area contributed by atoms with Crippen molar-refractivity contribution in [1.82, 2.24) is 15.2 Å². The third-order valence-corrected chi connectivity index (χ3v) is 4.15. The molecule has 1 aromatic rings. The Labute approximate surface area is 138 Å². The maximum atomic E-state index is 12.1. The molecule has 0 saturated carbocycles. The van der Waals surface area contributed by atoms with Crippen LogP contribution >= 0.6 is 11.8 Å². The van der Waals surface area contributed by atoms with Gasteiger partial charge >= 0.3 is 5.51 Å². The second-order valence-corrected chi connectivity index (χ2v) is 6.09. The van der Waals surface area contributed by atoms with Crippen LogP contribution in [0.5, 0.6) is 0 Å². The van der Waals surface area contributed by atoms with Crippen LogP contribution < -0.4 is 10.2 Å². The molecule has 0 bridgehead atoms. The zero-order valence-electron chi connectivity index (χ0n) is 12.9. The van der Waals surface area contributed by atoms with Crippen LogP contribution in [0.25, 0.3) is 0 Å². The second-order valence-electron chi connectivity index (χ2n) is 4.93. The minimum absolute atomic E-state index is 0.0221. The highest BCUT2D eigenvalue weighted by Crippen LogP contribution is 2.29. The Kier molecular flexibility index (Phi) is 6.37. The number of guanidine groups is 1. The van der Waals surface area contributed by atoms with E-state index in [1.165, 1.54) is 0 Å². The summed E-state index contributed by atoms with van der Waals surface area (Å²) < 4.78 is 36.3. The maximum absolute atomic E-state index is 12.1. The predicted molar refractivity (Wildman–Crippen MR) is 87.9 cm³/mol. The van der Waals surface area contributed by atoms with E-state index in [1.54, 1.807) is 13.2 Å². The summed E-state index contributed by atoms with van der Waals surface area (Å²) in [6.07, 6.45) is 1.76. The molecule has 2 heterocycles. The maximum Gasteiger partial charge on any atom is 0.441 e. The Morgan fingerprint density at radius 2 is 2.04 bits per heavy atom. The van der Waals surface area contributed by atoms with Crippen molar-refractivity contribution in [3.05, 3.63) is 24.4 Å². The first-order chi connectivity index (χ1) is 11.0. The lowest BCUT2D eigenvalue weighted by Gasteiger charge is -2.37. The van der Waals surface area contributed by atoms with E-state index in [-0.39, 0.29) is 24.1 Å². The molecule has 1 aliphatic heterocycles. The number of alkyl halides is 3. The van der Waals surface area contributed by atoms with E-state index in [4.69, 9.17) is 0 Å². The van der Waals surface area contributed by atoms with Gasteiger partial charge in [0.2, 0.25) is 0 Å². The van der Waals surface area contributed by atoms with Gasteiger partial charge in [-0.15, -0.1) is 0 Å². The van der Waals surface area contributed by atoms with Crippen LogP contribution in [0.15, 0.2) is 29.4 Å². The molecule has 5 nitrogen and oxygen atoms in total. The van der Waals surface area contributed by atoms with Gasteiger partial charge < -0.3 is 15.1 Å².